The first-order valence-corrected chi connectivity index (χ1v) is 3.27. The van der Waals surface area contributed by atoms with E-state index < -0.39 is 0 Å². The molecule has 2 atom stereocenters. The Kier molecular flexibility index (Phi) is 1.86. The van der Waals surface area contributed by atoms with Crippen LogP contribution in [0.1, 0.15) is 13.3 Å². The average molecular weight is 114 g/mol. The molecule has 0 aromatic rings. The van der Waals surface area contributed by atoms with Crippen molar-refractivity contribution in [2.24, 2.45) is 11.7 Å². The average Bonchev–Trinajstić information content (AvgIpc) is 2.12. The molecule has 48 valence electrons. The van der Waals surface area contributed by atoms with Gasteiger partial charge in [0.25, 0.3) is 0 Å². The van der Waals surface area contributed by atoms with Gasteiger partial charge in [0.1, 0.15) is 0 Å². The summed E-state index contributed by atoms with van der Waals surface area (Å²) in [6, 6.07) is 0.380. The molecule has 0 aliphatic carbocycles. The van der Waals surface area contributed by atoms with Gasteiger partial charge in [-0.15, -0.1) is 0 Å². The highest BCUT2D eigenvalue weighted by molar-refractivity contribution is 4.77. The predicted octanol–water partition coefficient (Wildman–Crippen LogP) is -0.0569. The van der Waals surface area contributed by atoms with Gasteiger partial charge in [0.2, 0.25) is 0 Å². The van der Waals surface area contributed by atoms with Crippen LogP contribution in [0.5, 0.6) is 0 Å². The third kappa shape index (κ3) is 1.20. The zero-order valence-corrected chi connectivity index (χ0v) is 5.35. The Bertz CT molecular complexity index is 64.9. The first-order chi connectivity index (χ1) is 3.80. The Morgan fingerprint density at radius 3 is 2.75 bits per heavy atom. The van der Waals surface area contributed by atoms with E-state index in [2.05, 4.69) is 12.2 Å². The van der Waals surface area contributed by atoms with Crippen LogP contribution in [-0.2, 0) is 0 Å². The van der Waals surface area contributed by atoms with Gasteiger partial charge in [-0.2, -0.15) is 0 Å². The van der Waals surface area contributed by atoms with Gasteiger partial charge in [0, 0.05) is 6.04 Å². The fourth-order valence-corrected chi connectivity index (χ4v) is 1.13. The Morgan fingerprint density at radius 1 is 1.75 bits per heavy atom. The molecule has 0 unspecified atom stereocenters. The minimum absolute atomic E-state index is 0.380. The maximum Gasteiger partial charge on any atom is 0.00513 e. The van der Waals surface area contributed by atoms with Gasteiger partial charge in [-0.05, 0) is 32.4 Å². The standard InChI is InChI=1S/C6H14N2/c1-5(7)6-2-3-8-4-6/h5-6,8H,2-4,7H2,1H3/t5-,6+/m0/s1. The van der Waals surface area contributed by atoms with Crippen LogP contribution >= 0.6 is 0 Å². The Hall–Kier alpha value is -0.0800. The molecule has 8 heavy (non-hydrogen) atoms. The quantitative estimate of drug-likeness (QED) is 0.501. The van der Waals surface area contributed by atoms with Crippen LogP contribution in [0.2, 0.25) is 0 Å². The highest BCUT2D eigenvalue weighted by atomic mass is 14.9. The highest BCUT2D eigenvalue weighted by Gasteiger charge is 2.17. The van der Waals surface area contributed by atoms with Gasteiger partial charge in [-0.25, -0.2) is 0 Å². The third-order valence-electron chi connectivity index (χ3n) is 1.84. The zero-order valence-electron chi connectivity index (χ0n) is 5.35. The van der Waals surface area contributed by atoms with Crippen LogP contribution < -0.4 is 11.1 Å². The number of hydrogen-bond donors (Lipinski definition) is 2. The van der Waals surface area contributed by atoms with E-state index in [-0.39, 0.29) is 0 Å². The van der Waals surface area contributed by atoms with Crippen molar-refractivity contribution in [2.75, 3.05) is 13.1 Å². The second kappa shape index (κ2) is 2.46. The van der Waals surface area contributed by atoms with Crippen LogP contribution in [0, 0.1) is 5.92 Å². The van der Waals surface area contributed by atoms with Crippen molar-refractivity contribution in [3.05, 3.63) is 0 Å². The summed E-state index contributed by atoms with van der Waals surface area (Å²) in [5.74, 6) is 0.731. The lowest BCUT2D eigenvalue weighted by Gasteiger charge is -2.10. The van der Waals surface area contributed by atoms with E-state index in [1.165, 1.54) is 6.42 Å². The summed E-state index contributed by atoms with van der Waals surface area (Å²) in [6.45, 7) is 4.36. The summed E-state index contributed by atoms with van der Waals surface area (Å²) >= 11 is 0. The first kappa shape index (κ1) is 6.05. The van der Waals surface area contributed by atoms with E-state index >= 15 is 0 Å². The van der Waals surface area contributed by atoms with Crippen molar-refractivity contribution in [2.45, 2.75) is 19.4 Å². The third-order valence-corrected chi connectivity index (χ3v) is 1.84. The minimum atomic E-state index is 0.380. The van der Waals surface area contributed by atoms with E-state index in [0.29, 0.717) is 6.04 Å². The maximum atomic E-state index is 5.66. The molecule has 0 aromatic heterocycles. The minimum Gasteiger partial charge on any atom is -0.328 e. The molecule has 0 amide bonds. The Morgan fingerprint density at radius 2 is 2.50 bits per heavy atom. The number of nitrogens with one attached hydrogen (secondary N) is 1. The van der Waals surface area contributed by atoms with Gasteiger partial charge in [0.15, 0.2) is 0 Å². The Balaban J connectivity index is 2.24. The molecule has 1 heterocycles. The van der Waals surface area contributed by atoms with Crippen molar-refractivity contribution >= 4 is 0 Å². The van der Waals surface area contributed by atoms with Crippen molar-refractivity contribution < 1.29 is 0 Å². The lowest BCUT2D eigenvalue weighted by atomic mass is 10.0. The van der Waals surface area contributed by atoms with E-state index in [9.17, 15) is 0 Å². The fourth-order valence-electron chi connectivity index (χ4n) is 1.13. The van der Waals surface area contributed by atoms with Crippen molar-refractivity contribution in [1.29, 1.82) is 0 Å². The molecule has 1 aliphatic heterocycles. The Labute approximate surface area is 50.4 Å². The number of hydrogen-bond acceptors (Lipinski definition) is 2. The first-order valence-electron chi connectivity index (χ1n) is 3.27. The highest BCUT2D eigenvalue weighted by Crippen LogP contribution is 2.09. The second-order valence-electron chi connectivity index (χ2n) is 2.61. The largest absolute Gasteiger partial charge is 0.328 e. The topological polar surface area (TPSA) is 38.0 Å². The van der Waals surface area contributed by atoms with Crippen LogP contribution in [0.15, 0.2) is 0 Å². The molecule has 1 rings (SSSR count). The SMILES string of the molecule is C[C@H](N)[C@@H]1CCNC1. The van der Waals surface area contributed by atoms with Crippen LogP contribution in [-0.4, -0.2) is 19.1 Å². The molecule has 0 spiro atoms. The molecule has 2 heteroatoms. The summed E-state index contributed by atoms with van der Waals surface area (Å²) in [5, 5.41) is 3.27. The molecule has 3 N–H and O–H groups in total. The number of nitrogens with two attached hydrogens (primary N) is 1. The monoisotopic (exact) mass is 114 g/mol. The second-order valence-corrected chi connectivity index (χ2v) is 2.61. The zero-order chi connectivity index (χ0) is 5.98. The molecule has 0 radical (unpaired) electrons. The summed E-state index contributed by atoms with van der Waals surface area (Å²) < 4.78 is 0. The lowest BCUT2D eigenvalue weighted by molar-refractivity contribution is 0.484. The van der Waals surface area contributed by atoms with Gasteiger partial charge >= 0.3 is 0 Å². The van der Waals surface area contributed by atoms with Gasteiger partial charge in [0.05, 0.1) is 0 Å². The molecular weight excluding hydrogens is 100 g/mol. The molecule has 0 aromatic carbocycles. The van der Waals surface area contributed by atoms with Crippen molar-refractivity contribution in [3.8, 4) is 0 Å². The van der Waals surface area contributed by atoms with Crippen molar-refractivity contribution in [1.82, 2.24) is 5.32 Å². The molecule has 0 bridgehead atoms. The molecule has 1 aliphatic rings. The lowest BCUT2D eigenvalue weighted by Crippen LogP contribution is -2.27. The van der Waals surface area contributed by atoms with Crippen molar-refractivity contribution in [3.63, 3.8) is 0 Å². The van der Waals surface area contributed by atoms with E-state index in [1.807, 2.05) is 0 Å². The molecular formula is C6H14N2. The summed E-state index contributed by atoms with van der Waals surface area (Å²) in [4.78, 5) is 0. The van der Waals surface area contributed by atoms with E-state index in [1.54, 1.807) is 0 Å². The molecule has 2 nitrogen and oxygen atoms in total. The van der Waals surface area contributed by atoms with Gasteiger partial charge in [-0.1, -0.05) is 0 Å². The van der Waals surface area contributed by atoms with Gasteiger partial charge in [-0.3, -0.25) is 0 Å². The van der Waals surface area contributed by atoms with Gasteiger partial charge < -0.3 is 11.1 Å². The van der Waals surface area contributed by atoms with Crippen LogP contribution in [0.4, 0.5) is 0 Å². The number of rotatable bonds is 1. The van der Waals surface area contributed by atoms with Crippen LogP contribution in [0.25, 0.3) is 0 Å². The maximum absolute atomic E-state index is 5.66. The smallest absolute Gasteiger partial charge is 0.00513 e. The normalized spacial score (nSPS) is 33.0. The summed E-state index contributed by atoms with van der Waals surface area (Å²) in [6.07, 6.45) is 1.26. The molecule has 1 saturated heterocycles. The predicted molar refractivity (Wildman–Crippen MR) is 34.6 cm³/mol. The fraction of sp³-hybridized carbons (Fsp3) is 1.00. The summed E-state index contributed by atoms with van der Waals surface area (Å²) in [7, 11) is 0. The van der Waals surface area contributed by atoms with E-state index in [4.69, 9.17) is 5.73 Å². The van der Waals surface area contributed by atoms with Crippen LogP contribution in [0.3, 0.4) is 0 Å². The molecule has 1 fully saturated rings. The molecule has 0 saturated carbocycles. The summed E-state index contributed by atoms with van der Waals surface area (Å²) in [5.41, 5.74) is 5.66. The van der Waals surface area contributed by atoms with E-state index in [0.717, 1.165) is 19.0 Å².